The molecule has 0 saturated heterocycles. The number of ether oxygens (including phenoxy) is 2. The van der Waals surface area contributed by atoms with Gasteiger partial charge in [-0.05, 0) is 25.0 Å². The molecule has 0 aliphatic heterocycles. The Hall–Kier alpha value is -0.890. The predicted molar refractivity (Wildman–Crippen MR) is 63.0 cm³/mol. The summed E-state index contributed by atoms with van der Waals surface area (Å²) >= 11 is 5.91. The third-order valence-corrected chi connectivity index (χ3v) is 2.57. The van der Waals surface area contributed by atoms with Crippen molar-refractivity contribution in [3.8, 4) is 11.5 Å². The predicted octanol–water partition coefficient (Wildman–Crippen LogP) is 3.92. The van der Waals surface area contributed by atoms with Gasteiger partial charge in [-0.2, -0.15) is 0 Å². The fraction of sp³-hybridized carbons (Fsp3) is 0.500. The summed E-state index contributed by atoms with van der Waals surface area (Å²) in [7, 11) is 1.63. The van der Waals surface area contributed by atoms with Crippen LogP contribution in [0.25, 0.3) is 0 Å². The Balaban J connectivity index is 2.86. The van der Waals surface area contributed by atoms with Gasteiger partial charge >= 0.3 is 0 Å². The van der Waals surface area contributed by atoms with Crippen LogP contribution in [0.3, 0.4) is 0 Å². The Morgan fingerprint density at radius 2 is 1.87 bits per heavy atom. The van der Waals surface area contributed by atoms with E-state index in [1.54, 1.807) is 19.2 Å². The van der Waals surface area contributed by atoms with Gasteiger partial charge in [-0.15, -0.1) is 0 Å². The highest BCUT2D eigenvalue weighted by Gasteiger charge is 2.10. The molecule has 2 nitrogen and oxygen atoms in total. The van der Waals surface area contributed by atoms with Gasteiger partial charge < -0.3 is 9.47 Å². The van der Waals surface area contributed by atoms with E-state index in [2.05, 4.69) is 13.8 Å². The van der Waals surface area contributed by atoms with Crippen LogP contribution in [0.2, 0.25) is 5.02 Å². The maximum Gasteiger partial charge on any atom is 0.163 e. The van der Waals surface area contributed by atoms with Crippen molar-refractivity contribution in [2.24, 2.45) is 0 Å². The molecule has 1 aromatic carbocycles. The zero-order valence-corrected chi connectivity index (χ0v) is 10.2. The number of halogens is 1. The average Bonchev–Trinajstić information content (AvgIpc) is 2.26. The quantitative estimate of drug-likeness (QED) is 0.761. The number of hydrogen-bond acceptors (Lipinski definition) is 2. The highest BCUT2D eigenvalue weighted by molar-refractivity contribution is 6.30. The van der Waals surface area contributed by atoms with Gasteiger partial charge in [0, 0.05) is 11.1 Å². The van der Waals surface area contributed by atoms with E-state index in [0.717, 1.165) is 24.3 Å². The van der Waals surface area contributed by atoms with Crippen molar-refractivity contribution in [2.75, 3.05) is 7.11 Å². The molecule has 84 valence electrons. The molecule has 3 heteroatoms. The van der Waals surface area contributed by atoms with E-state index in [9.17, 15) is 0 Å². The third-order valence-electron chi connectivity index (χ3n) is 2.33. The summed E-state index contributed by atoms with van der Waals surface area (Å²) in [6.07, 6.45) is 2.18. The van der Waals surface area contributed by atoms with Crippen LogP contribution in [0.4, 0.5) is 0 Å². The van der Waals surface area contributed by atoms with Gasteiger partial charge in [0.2, 0.25) is 0 Å². The van der Waals surface area contributed by atoms with Gasteiger partial charge in [-0.1, -0.05) is 25.4 Å². The molecule has 1 rings (SSSR count). The molecule has 0 atom stereocenters. The molecule has 0 fully saturated rings. The first-order chi connectivity index (χ1) is 7.21. The molecule has 0 radical (unpaired) electrons. The smallest absolute Gasteiger partial charge is 0.163 e. The number of benzene rings is 1. The summed E-state index contributed by atoms with van der Waals surface area (Å²) < 4.78 is 11.0. The Morgan fingerprint density at radius 1 is 1.20 bits per heavy atom. The second-order valence-electron chi connectivity index (χ2n) is 3.35. The summed E-state index contributed by atoms with van der Waals surface area (Å²) in [6, 6.07) is 5.40. The Bertz CT molecular complexity index is 308. The van der Waals surface area contributed by atoms with E-state index in [1.807, 2.05) is 6.07 Å². The molecular weight excluding hydrogens is 212 g/mol. The summed E-state index contributed by atoms with van der Waals surface area (Å²) in [6.45, 7) is 4.20. The van der Waals surface area contributed by atoms with Gasteiger partial charge in [0.15, 0.2) is 11.5 Å². The maximum absolute atomic E-state index is 5.91. The normalized spacial score (nSPS) is 10.5. The van der Waals surface area contributed by atoms with Gasteiger partial charge in [0.25, 0.3) is 0 Å². The van der Waals surface area contributed by atoms with Crippen molar-refractivity contribution < 1.29 is 9.47 Å². The topological polar surface area (TPSA) is 18.5 Å². The minimum atomic E-state index is 0.220. The standard InChI is InChI=1S/C12H17ClO2/c1-4-10(5-2)15-12-8-9(13)6-7-11(12)14-3/h6-8,10H,4-5H2,1-3H3. The van der Waals surface area contributed by atoms with Gasteiger partial charge in [-0.3, -0.25) is 0 Å². The highest BCUT2D eigenvalue weighted by Crippen LogP contribution is 2.31. The number of methoxy groups -OCH3 is 1. The summed E-state index contributed by atoms with van der Waals surface area (Å²) in [5.41, 5.74) is 0. The van der Waals surface area contributed by atoms with Crippen molar-refractivity contribution in [1.82, 2.24) is 0 Å². The van der Waals surface area contributed by atoms with E-state index < -0.39 is 0 Å². The molecule has 0 aromatic heterocycles. The Labute approximate surface area is 96.2 Å². The van der Waals surface area contributed by atoms with Crippen LogP contribution in [0.5, 0.6) is 11.5 Å². The van der Waals surface area contributed by atoms with E-state index in [0.29, 0.717) is 5.02 Å². The van der Waals surface area contributed by atoms with Crippen molar-refractivity contribution >= 4 is 11.6 Å². The first-order valence-corrected chi connectivity index (χ1v) is 5.59. The minimum absolute atomic E-state index is 0.220. The molecule has 0 unspecified atom stereocenters. The summed E-state index contributed by atoms with van der Waals surface area (Å²) in [5.74, 6) is 1.45. The Kier molecular flexibility index (Phi) is 4.76. The molecular formula is C12H17ClO2. The number of hydrogen-bond donors (Lipinski definition) is 0. The zero-order chi connectivity index (χ0) is 11.3. The number of rotatable bonds is 5. The first-order valence-electron chi connectivity index (χ1n) is 5.21. The minimum Gasteiger partial charge on any atom is -0.493 e. The summed E-state index contributed by atoms with van der Waals surface area (Å²) in [5, 5.41) is 0.664. The van der Waals surface area contributed by atoms with Crippen LogP contribution >= 0.6 is 11.6 Å². The second-order valence-corrected chi connectivity index (χ2v) is 3.79. The van der Waals surface area contributed by atoms with Crippen LogP contribution in [-0.4, -0.2) is 13.2 Å². The summed E-state index contributed by atoms with van der Waals surface area (Å²) in [4.78, 5) is 0. The van der Waals surface area contributed by atoms with E-state index in [-0.39, 0.29) is 6.10 Å². The van der Waals surface area contributed by atoms with Crippen LogP contribution in [0.15, 0.2) is 18.2 Å². The SMILES string of the molecule is CCC(CC)Oc1cc(Cl)ccc1OC. The fourth-order valence-electron chi connectivity index (χ4n) is 1.38. The fourth-order valence-corrected chi connectivity index (χ4v) is 1.54. The van der Waals surface area contributed by atoms with Crippen molar-refractivity contribution in [1.29, 1.82) is 0 Å². The molecule has 1 aromatic rings. The Morgan fingerprint density at radius 3 is 2.40 bits per heavy atom. The first kappa shape index (κ1) is 12.2. The lowest BCUT2D eigenvalue weighted by Gasteiger charge is -2.17. The molecule has 15 heavy (non-hydrogen) atoms. The van der Waals surface area contributed by atoms with Gasteiger partial charge in [-0.25, -0.2) is 0 Å². The lowest BCUT2D eigenvalue weighted by molar-refractivity contribution is 0.185. The van der Waals surface area contributed by atoms with Crippen LogP contribution in [0, 0.1) is 0 Å². The molecule has 0 saturated carbocycles. The van der Waals surface area contributed by atoms with Crippen molar-refractivity contribution in [2.45, 2.75) is 32.8 Å². The van der Waals surface area contributed by atoms with Gasteiger partial charge in [0.05, 0.1) is 13.2 Å². The lowest BCUT2D eigenvalue weighted by Crippen LogP contribution is -2.14. The highest BCUT2D eigenvalue weighted by atomic mass is 35.5. The van der Waals surface area contributed by atoms with Gasteiger partial charge in [0.1, 0.15) is 0 Å². The van der Waals surface area contributed by atoms with Crippen LogP contribution < -0.4 is 9.47 Å². The zero-order valence-electron chi connectivity index (χ0n) is 9.42. The largest absolute Gasteiger partial charge is 0.493 e. The average molecular weight is 229 g/mol. The molecule has 0 aliphatic rings. The van der Waals surface area contributed by atoms with Crippen LogP contribution in [-0.2, 0) is 0 Å². The monoisotopic (exact) mass is 228 g/mol. The van der Waals surface area contributed by atoms with Crippen LogP contribution in [0.1, 0.15) is 26.7 Å². The van der Waals surface area contributed by atoms with Crippen molar-refractivity contribution in [3.05, 3.63) is 23.2 Å². The van der Waals surface area contributed by atoms with Crippen molar-refractivity contribution in [3.63, 3.8) is 0 Å². The molecule has 0 amide bonds. The maximum atomic E-state index is 5.91. The lowest BCUT2D eigenvalue weighted by atomic mass is 10.2. The van der Waals surface area contributed by atoms with E-state index in [4.69, 9.17) is 21.1 Å². The third kappa shape index (κ3) is 3.31. The molecule has 0 bridgehead atoms. The molecule has 0 N–H and O–H groups in total. The van der Waals surface area contributed by atoms with E-state index >= 15 is 0 Å². The molecule has 0 spiro atoms. The van der Waals surface area contributed by atoms with E-state index in [1.165, 1.54) is 0 Å². The molecule has 0 aliphatic carbocycles. The second kappa shape index (κ2) is 5.86. The molecule has 0 heterocycles.